The summed E-state index contributed by atoms with van der Waals surface area (Å²) in [4.78, 5) is 25.5. The molecular weight excluding hydrogens is 342 g/mol. The van der Waals surface area contributed by atoms with Gasteiger partial charge in [0.15, 0.2) is 0 Å². The molecule has 4 N–H and O–H groups in total. The third kappa shape index (κ3) is 8.37. The first-order valence-corrected chi connectivity index (χ1v) is 9.44. The molecule has 1 aromatic carbocycles. The van der Waals surface area contributed by atoms with Gasteiger partial charge in [-0.1, -0.05) is 52.0 Å². The Bertz CT molecular complexity index is 602. The number of carbonyl (C=O) groups excluding carboxylic acids is 2. The number of aliphatic hydroxyl groups is 1. The van der Waals surface area contributed by atoms with Gasteiger partial charge in [-0.2, -0.15) is 0 Å². The van der Waals surface area contributed by atoms with Gasteiger partial charge in [-0.15, -0.1) is 6.58 Å². The van der Waals surface area contributed by atoms with Gasteiger partial charge in [0.2, 0.25) is 11.8 Å². The number of amides is 2. The predicted molar refractivity (Wildman–Crippen MR) is 109 cm³/mol. The molecule has 3 atom stereocenters. The molecule has 27 heavy (non-hydrogen) atoms. The lowest BCUT2D eigenvalue weighted by Crippen LogP contribution is -2.54. The Morgan fingerprint density at radius 3 is 2.26 bits per heavy atom. The molecule has 0 aliphatic carbocycles. The van der Waals surface area contributed by atoms with Gasteiger partial charge in [0, 0.05) is 12.2 Å². The van der Waals surface area contributed by atoms with Crippen LogP contribution in [0.15, 0.2) is 43.0 Å². The number of carbonyl (C=O) groups is 2. The number of hydrogen-bond acceptors (Lipinski definition) is 4. The van der Waals surface area contributed by atoms with E-state index < -0.39 is 18.2 Å². The van der Waals surface area contributed by atoms with Crippen molar-refractivity contribution < 1.29 is 14.7 Å². The van der Waals surface area contributed by atoms with Crippen LogP contribution >= 0.6 is 0 Å². The molecule has 0 unspecified atom stereocenters. The fraction of sp³-hybridized carbons (Fsp3) is 0.524. The molecule has 0 saturated heterocycles. The van der Waals surface area contributed by atoms with Gasteiger partial charge in [0.25, 0.3) is 0 Å². The van der Waals surface area contributed by atoms with Crippen LogP contribution in [-0.4, -0.2) is 41.7 Å². The number of anilines is 1. The standard InChI is InChI=1S/C21H33N3O3/c1-6-17(25)13-22-19(15(4)5)21(27)24-18(12-14(2)3)20(26)23-16-10-8-7-9-11-16/h6-11,14-15,17-19,22,25H,1,12-13H2,2-5H3,(H,23,26)(H,24,27)/t17-,18-,19-/m1/s1. The van der Waals surface area contributed by atoms with Crippen LogP contribution in [0.4, 0.5) is 5.69 Å². The summed E-state index contributed by atoms with van der Waals surface area (Å²) in [6, 6.07) is 8.02. The van der Waals surface area contributed by atoms with Crippen LogP contribution in [0.1, 0.15) is 34.1 Å². The minimum Gasteiger partial charge on any atom is -0.388 e. The third-order valence-corrected chi connectivity index (χ3v) is 4.15. The molecule has 6 heteroatoms. The van der Waals surface area contributed by atoms with E-state index in [1.807, 2.05) is 45.9 Å². The highest BCUT2D eigenvalue weighted by atomic mass is 16.3. The Labute approximate surface area is 162 Å². The molecule has 0 bridgehead atoms. The molecule has 0 saturated carbocycles. The first-order valence-electron chi connectivity index (χ1n) is 9.44. The molecule has 150 valence electrons. The largest absolute Gasteiger partial charge is 0.388 e. The van der Waals surface area contributed by atoms with E-state index in [-0.39, 0.29) is 30.2 Å². The second kappa shape index (κ2) is 11.5. The van der Waals surface area contributed by atoms with Crippen molar-refractivity contribution in [2.24, 2.45) is 11.8 Å². The summed E-state index contributed by atoms with van der Waals surface area (Å²) in [6.07, 6.45) is 1.22. The average Bonchev–Trinajstić information content (AvgIpc) is 2.61. The van der Waals surface area contributed by atoms with Crippen LogP contribution in [0.25, 0.3) is 0 Å². The topological polar surface area (TPSA) is 90.5 Å². The highest BCUT2D eigenvalue weighted by molar-refractivity contribution is 5.97. The zero-order valence-corrected chi connectivity index (χ0v) is 16.7. The number of aliphatic hydroxyl groups excluding tert-OH is 1. The lowest BCUT2D eigenvalue weighted by atomic mass is 9.99. The van der Waals surface area contributed by atoms with Gasteiger partial charge in [-0.3, -0.25) is 9.59 Å². The van der Waals surface area contributed by atoms with E-state index in [9.17, 15) is 14.7 Å². The van der Waals surface area contributed by atoms with Crippen molar-refractivity contribution in [3.8, 4) is 0 Å². The maximum atomic E-state index is 12.8. The molecule has 1 rings (SSSR count). The highest BCUT2D eigenvalue weighted by Crippen LogP contribution is 2.11. The van der Waals surface area contributed by atoms with E-state index in [4.69, 9.17) is 0 Å². The Balaban J connectivity index is 2.81. The highest BCUT2D eigenvalue weighted by Gasteiger charge is 2.28. The smallest absolute Gasteiger partial charge is 0.246 e. The van der Waals surface area contributed by atoms with E-state index in [0.717, 1.165) is 0 Å². The molecule has 6 nitrogen and oxygen atoms in total. The molecule has 0 fully saturated rings. The van der Waals surface area contributed by atoms with Crippen LogP contribution in [0.5, 0.6) is 0 Å². The van der Waals surface area contributed by atoms with Gasteiger partial charge in [-0.25, -0.2) is 0 Å². The van der Waals surface area contributed by atoms with Gasteiger partial charge in [0.05, 0.1) is 12.1 Å². The van der Waals surface area contributed by atoms with Crippen molar-refractivity contribution >= 4 is 17.5 Å². The Morgan fingerprint density at radius 1 is 1.11 bits per heavy atom. The molecular formula is C21H33N3O3. The van der Waals surface area contributed by atoms with Crippen molar-refractivity contribution in [1.82, 2.24) is 10.6 Å². The fourth-order valence-corrected chi connectivity index (χ4v) is 2.68. The average molecular weight is 376 g/mol. The van der Waals surface area contributed by atoms with Gasteiger partial charge >= 0.3 is 0 Å². The van der Waals surface area contributed by atoms with Crippen molar-refractivity contribution in [2.45, 2.75) is 52.3 Å². The number of nitrogens with one attached hydrogen (secondary N) is 3. The molecule has 0 aromatic heterocycles. The Hall–Kier alpha value is -2.18. The monoisotopic (exact) mass is 375 g/mol. The maximum Gasteiger partial charge on any atom is 0.246 e. The third-order valence-electron chi connectivity index (χ3n) is 4.15. The van der Waals surface area contributed by atoms with Crippen LogP contribution < -0.4 is 16.0 Å². The van der Waals surface area contributed by atoms with E-state index in [2.05, 4.69) is 22.5 Å². The van der Waals surface area contributed by atoms with E-state index in [0.29, 0.717) is 12.1 Å². The second-order valence-electron chi connectivity index (χ2n) is 7.48. The summed E-state index contributed by atoms with van der Waals surface area (Å²) in [6.45, 7) is 11.6. The SMILES string of the molecule is C=C[C@@H](O)CN[C@@H](C(=O)N[C@H](CC(C)C)C(=O)Nc1ccccc1)C(C)C. The molecule has 1 aromatic rings. The zero-order valence-electron chi connectivity index (χ0n) is 16.7. The Kier molecular flexibility index (Phi) is 9.75. The number of hydrogen-bond donors (Lipinski definition) is 4. The van der Waals surface area contributed by atoms with Crippen LogP contribution in [0.2, 0.25) is 0 Å². The van der Waals surface area contributed by atoms with E-state index in [1.165, 1.54) is 6.08 Å². The molecule has 0 spiro atoms. The zero-order chi connectivity index (χ0) is 20.4. The number of benzene rings is 1. The quantitative estimate of drug-likeness (QED) is 0.447. The van der Waals surface area contributed by atoms with Gasteiger partial charge in [-0.05, 0) is 30.4 Å². The predicted octanol–water partition coefficient (Wildman–Crippen LogP) is 2.32. The first-order chi connectivity index (χ1) is 12.7. The molecule has 0 aliphatic heterocycles. The minimum absolute atomic E-state index is 0.00102. The minimum atomic E-state index is -0.730. The summed E-state index contributed by atoms with van der Waals surface area (Å²) in [7, 11) is 0. The van der Waals surface area contributed by atoms with Crippen LogP contribution in [0.3, 0.4) is 0 Å². The maximum absolute atomic E-state index is 12.8. The fourth-order valence-electron chi connectivity index (χ4n) is 2.68. The number of para-hydroxylation sites is 1. The lowest BCUT2D eigenvalue weighted by molar-refractivity contribution is -0.129. The first kappa shape index (κ1) is 22.9. The number of rotatable bonds is 11. The molecule has 0 heterocycles. The van der Waals surface area contributed by atoms with Crippen molar-refractivity contribution in [3.63, 3.8) is 0 Å². The van der Waals surface area contributed by atoms with E-state index in [1.54, 1.807) is 12.1 Å². The summed E-state index contributed by atoms with van der Waals surface area (Å²) in [5.74, 6) is -0.254. The summed E-state index contributed by atoms with van der Waals surface area (Å²) in [5.41, 5.74) is 0.693. The van der Waals surface area contributed by atoms with E-state index >= 15 is 0 Å². The van der Waals surface area contributed by atoms with Gasteiger partial charge in [0.1, 0.15) is 6.04 Å². The second-order valence-corrected chi connectivity index (χ2v) is 7.48. The van der Waals surface area contributed by atoms with Crippen LogP contribution in [-0.2, 0) is 9.59 Å². The lowest BCUT2D eigenvalue weighted by Gasteiger charge is -2.26. The van der Waals surface area contributed by atoms with Crippen molar-refractivity contribution in [3.05, 3.63) is 43.0 Å². The summed E-state index contributed by atoms with van der Waals surface area (Å²) >= 11 is 0. The molecule has 0 aliphatic rings. The van der Waals surface area contributed by atoms with Crippen molar-refractivity contribution in [1.29, 1.82) is 0 Å². The normalized spacial score (nSPS) is 14.5. The van der Waals surface area contributed by atoms with Gasteiger partial charge < -0.3 is 21.1 Å². The summed E-state index contributed by atoms with van der Waals surface area (Å²) in [5, 5.41) is 18.4. The van der Waals surface area contributed by atoms with Crippen molar-refractivity contribution in [2.75, 3.05) is 11.9 Å². The van der Waals surface area contributed by atoms with Crippen LogP contribution in [0, 0.1) is 11.8 Å². The Morgan fingerprint density at radius 2 is 1.74 bits per heavy atom. The molecule has 2 amide bonds. The summed E-state index contributed by atoms with van der Waals surface area (Å²) < 4.78 is 0. The molecule has 0 radical (unpaired) electrons.